The molecule has 1 atom stereocenters. The van der Waals surface area contributed by atoms with E-state index in [0.717, 1.165) is 0 Å². The van der Waals surface area contributed by atoms with Crippen molar-refractivity contribution in [2.45, 2.75) is 26.4 Å². The van der Waals surface area contributed by atoms with Gasteiger partial charge in [-0.05, 0) is 24.5 Å². The molecule has 148 valence electrons. The van der Waals surface area contributed by atoms with Crippen molar-refractivity contribution in [3.8, 4) is 17.0 Å². The van der Waals surface area contributed by atoms with Gasteiger partial charge in [0.25, 0.3) is 5.91 Å². The van der Waals surface area contributed by atoms with E-state index in [4.69, 9.17) is 0 Å². The fraction of sp³-hybridized carbons (Fsp3) is 0.450. The van der Waals surface area contributed by atoms with Crippen LogP contribution in [0.1, 0.15) is 23.1 Å². The van der Waals surface area contributed by atoms with Crippen molar-refractivity contribution < 1.29 is 17.9 Å². The van der Waals surface area contributed by atoms with Crippen molar-refractivity contribution in [1.82, 2.24) is 14.9 Å². The van der Waals surface area contributed by atoms with Gasteiger partial charge in [0.2, 0.25) is 0 Å². The van der Waals surface area contributed by atoms with Gasteiger partial charge in [0, 0.05) is 34.6 Å². The molecule has 1 fully saturated rings. The van der Waals surface area contributed by atoms with Crippen molar-refractivity contribution in [3.05, 3.63) is 36.7 Å². The maximum absolute atomic E-state index is 12.4. The highest BCUT2D eigenvalue weighted by Gasteiger charge is 2.27. The number of phenolic OH excluding ortho intramolecular Hbond substituents is 1. The van der Waals surface area contributed by atoms with Crippen molar-refractivity contribution in [1.29, 1.82) is 0 Å². The number of rotatable bonds is 5. The third-order valence-corrected chi connectivity index (χ3v) is 4.70. The lowest BCUT2D eigenvalue weighted by Crippen LogP contribution is -2.51. The zero-order valence-corrected chi connectivity index (χ0v) is 15.7. The number of amides is 1. The highest BCUT2D eigenvalue weighted by atomic mass is 16.3. The van der Waals surface area contributed by atoms with E-state index in [-0.39, 0.29) is 20.4 Å². The molecule has 1 aromatic carbocycles. The van der Waals surface area contributed by atoms with Crippen molar-refractivity contribution in [2.24, 2.45) is 5.92 Å². The Morgan fingerprint density at radius 1 is 1.19 bits per heavy atom. The molecule has 7 nitrogen and oxygen atoms in total. The molecule has 3 rings (SSSR count). The molecule has 1 aliphatic heterocycles. The first-order chi connectivity index (χ1) is 13.0. The zero-order chi connectivity index (χ0) is 19.4. The number of hydrogen-bond acceptors (Lipinski definition) is 6. The van der Waals surface area contributed by atoms with Crippen LogP contribution in [0.3, 0.4) is 0 Å². The number of aromatic nitrogens is 2. The highest BCUT2D eigenvalue weighted by Crippen LogP contribution is 2.28. The number of benzene rings is 1. The number of carbonyl (C=O) groups is 1. The Morgan fingerprint density at radius 3 is 2.56 bits per heavy atom. The molecule has 7 heteroatoms. The SMILES string of the molecule is CC(C)C[C@@H](O)C(=O)N1CCN(c2cncc(-c3ccccc3O)n2)CC1.[HH].[HH]. The maximum atomic E-state index is 12.4. The van der Waals surface area contributed by atoms with Gasteiger partial charge in [0.05, 0.1) is 18.1 Å². The summed E-state index contributed by atoms with van der Waals surface area (Å²) in [5.41, 5.74) is 1.24. The van der Waals surface area contributed by atoms with Gasteiger partial charge in [0.1, 0.15) is 17.7 Å². The minimum atomic E-state index is -0.930. The van der Waals surface area contributed by atoms with Crippen LogP contribution in [-0.2, 0) is 4.79 Å². The molecule has 1 aromatic heterocycles. The molecule has 0 aliphatic carbocycles. The predicted molar refractivity (Wildman–Crippen MR) is 108 cm³/mol. The van der Waals surface area contributed by atoms with Crippen LogP contribution in [0.5, 0.6) is 5.75 Å². The minimum Gasteiger partial charge on any atom is -0.507 e. The Kier molecular flexibility index (Phi) is 5.91. The van der Waals surface area contributed by atoms with E-state index in [2.05, 4.69) is 14.9 Å². The first kappa shape index (κ1) is 19.1. The first-order valence-electron chi connectivity index (χ1n) is 9.28. The van der Waals surface area contributed by atoms with Gasteiger partial charge in [-0.1, -0.05) is 26.0 Å². The first-order valence-corrected chi connectivity index (χ1v) is 9.28. The summed E-state index contributed by atoms with van der Waals surface area (Å²) >= 11 is 0. The Balaban J connectivity index is 0.00000210. The van der Waals surface area contributed by atoms with E-state index < -0.39 is 6.10 Å². The summed E-state index contributed by atoms with van der Waals surface area (Å²) in [5, 5.41) is 20.1. The Morgan fingerprint density at radius 2 is 1.89 bits per heavy atom. The lowest BCUT2D eigenvalue weighted by Gasteiger charge is -2.36. The number of phenols is 1. The summed E-state index contributed by atoms with van der Waals surface area (Å²) in [6.45, 7) is 6.31. The molecule has 0 saturated carbocycles. The number of nitrogens with zero attached hydrogens (tertiary/aromatic N) is 4. The zero-order valence-electron chi connectivity index (χ0n) is 15.7. The van der Waals surface area contributed by atoms with Crippen LogP contribution in [0.4, 0.5) is 5.82 Å². The molecular weight excluding hydrogens is 344 g/mol. The number of piperazine rings is 1. The summed E-state index contributed by atoms with van der Waals surface area (Å²) < 4.78 is 0. The van der Waals surface area contributed by atoms with Gasteiger partial charge >= 0.3 is 0 Å². The summed E-state index contributed by atoms with van der Waals surface area (Å²) in [4.78, 5) is 25.0. The largest absolute Gasteiger partial charge is 0.507 e. The van der Waals surface area contributed by atoms with E-state index in [0.29, 0.717) is 49.7 Å². The van der Waals surface area contributed by atoms with Gasteiger partial charge in [-0.2, -0.15) is 0 Å². The van der Waals surface area contributed by atoms with Gasteiger partial charge in [-0.3, -0.25) is 9.78 Å². The second-order valence-electron chi connectivity index (χ2n) is 7.24. The summed E-state index contributed by atoms with van der Waals surface area (Å²) in [6.07, 6.45) is 2.86. The van der Waals surface area contributed by atoms with Gasteiger partial charge in [-0.15, -0.1) is 0 Å². The second kappa shape index (κ2) is 8.35. The van der Waals surface area contributed by atoms with Gasteiger partial charge < -0.3 is 20.0 Å². The monoisotopic (exact) mass is 374 g/mol. The third kappa shape index (κ3) is 4.54. The van der Waals surface area contributed by atoms with Crippen LogP contribution < -0.4 is 4.90 Å². The van der Waals surface area contributed by atoms with Crippen molar-refractivity contribution >= 4 is 11.7 Å². The molecule has 27 heavy (non-hydrogen) atoms. The minimum absolute atomic E-state index is 0. The number of anilines is 1. The summed E-state index contributed by atoms with van der Waals surface area (Å²) in [7, 11) is 0. The van der Waals surface area contributed by atoms with Crippen LogP contribution in [0, 0.1) is 5.92 Å². The topological polar surface area (TPSA) is 89.8 Å². The second-order valence-corrected chi connectivity index (χ2v) is 7.24. The Hall–Kier alpha value is -2.67. The molecule has 2 aromatic rings. The molecule has 0 radical (unpaired) electrons. The van der Waals surface area contributed by atoms with Crippen LogP contribution in [0.2, 0.25) is 0 Å². The fourth-order valence-corrected chi connectivity index (χ4v) is 3.24. The average molecular weight is 374 g/mol. The maximum Gasteiger partial charge on any atom is 0.251 e. The molecular formula is C20H30N4O3. The molecule has 0 spiro atoms. The van der Waals surface area contributed by atoms with Crippen LogP contribution >= 0.6 is 0 Å². The van der Waals surface area contributed by atoms with E-state index in [9.17, 15) is 15.0 Å². The molecule has 2 heterocycles. The van der Waals surface area contributed by atoms with Crippen molar-refractivity contribution in [3.63, 3.8) is 0 Å². The van der Waals surface area contributed by atoms with Gasteiger partial charge in [0.15, 0.2) is 0 Å². The molecule has 0 unspecified atom stereocenters. The summed E-state index contributed by atoms with van der Waals surface area (Å²) in [5.74, 6) is 0.958. The Labute approximate surface area is 162 Å². The van der Waals surface area contributed by atoms with Crippen molar-refractivity contribution in [2.75, 3.05) is 31.1 Å². The average Bonchev–Trinajstić information content (AvgIpc) is 2.67. The number of aromatic hydroxyl groups is 1. The number of para-hydroxylation sites is 1. The van der Waals surface area contributed by atoms with E-state index in [1.165, 1.54) is 0 Å². The number of aliphatic hydroxyl groups is 1. The van der Waals surface area contributed by atoms with E-state index in [1.54, 1.807) is 35.5 Å². The standard InChI is InChI=1S/C20H26N4O3.2H2/c1-14(2)11-18(26)20(27)24-9-7-23(8-10-24)19-13-21-12-16(22-19)15-5-3-4-6-17(15)25;;/h3-6,12-14,18,25-26H,7-11H2,1-2H3;2*1H/t18-;;/m1../s1. The smallest absolute Gasteiger partial charge is 0.251 e. The molecule has 1 aliphatic rings. The quantitative estimate of drug-likeness (QED) is 0.835. The van der Waals surface area contributed by atoms with Crippen LogP contribution in [0.25, 0.3) is 11.3 Å². The fourth-order valence-electron chi connectivity index (χ4n) is 3.24. The lowest BCUT2D eigenvalue weighted by atomic mass is 10.0. The molecule has 0 bridgehead atoms. The number of aliphatic hydroxyl groups excluding tert-OH is 1. The molecule has 1 saturated heterocycles. The molecule has 2 N–H and O–H groups in total. The lowest BCUT2D eigenvalue weighted by molar-refractivity contribution is -0.141. The van der Waals surface area contributed by atoms with E-state index >= 15 is 0 Å². The van der Waals surface area contributed by atoms with Crippen LogP contribution in [-0.4, -0.2) is 63.3 Å². The summed E-state index contributed by atoms with van der Waals surface area (Å²) in [6, 6.07) is 7.03. The molecule has 1 amide bonds. The number of carbonyl (C=O) groups excluding carboxylic acids is 1. The van der Waals surface area contributed by atoms with Gasteiger partial charge in [-0.25, -0.2) is 4.98 Å². The number of hydrogen-bond donors (Lipinski definition) is 2. The Bertz CT molecular complexity index is 799. The normalized spacial score (nSPS) is 15.9. The van der Waals surface area contributed by atoms with E-state index in [1.807, 2.05) is 19.9 Å². The predicted octanol–water partition coefficient (Wildman–Crippen LogP) is 2.40. The third-order valence-electron chi connectivity index (χ3n) is 4.70. The highest BCUT2D eigenvalue weighted by molar-refractivity contribution is 5.81. The van der Waals surface area contributed by atoms with Crippen LogP contribution in [0.15, 0.2) is 36.7 Å².